The summed E-state index contributed by atoms with van der Waals surface area (Å²) < 4.78 is 46.9. The highest BCUT2D eigenvalue weighted by Crippen LogP contribution is 2.36. The lowest BCUT2D eigenvalue weighted by molar-refractivity contribution is -0.139. The molecule has 0 radical (unpaired) electrons. The Labute approximate surface area is 157 Å². The van der Waals surface area contributed by atoms with Gasteiger partial charge in [0.05, 0.1) is 17.9 Å². The van der Waals surface area contributed by atoms with E-state index in [9.17, 15) is 22.8 Å². The van der Waals surface area contributed by atoms with Crippen molar-refractivity contribution in [3.8, 4) is 0 Å². The van der Waals surface area contributed by atoms with Crippen molar-refractivity contribution in [3.05, 3.63) is 22.1 Å². The number of halogens is 3. The Bertz CT molecular complexity index is 744. The predicted octanol–water partition coefficient (Wildman–Crippen LogP) is 3.13. The van der Waals surface area contributed by atoms with Crippen LogP contribution in [0.5, 0.6) is 0 Å². The standard InChI is InChI=1S/C17H26F3N3O3Si/c1-12(24)13-6-5-7-22(13)14-10-21-23(11-26-8-9-27(2,3)4)16(25)15(14)17(18,19)20/h10,13H,5-9,11H2,1-4H3/t13-/m0/s1. The number of hydrogen-bond acceptors (Lipinski definition) is 5. The average molecular weight is 405 g/mol. The molecule has 1 fully saturated rings. The number of anilines is 1. The predicted molar refractivity (Wildman–Crippen MR) is 98.7 cm³/mol. The minimum atomic E-state index is -4.85. The molecule has 6 nitrogen and oxygen atoms in total. The largest absolute Gasteiger partial charge is 0.423 e. The molecule has 0 spiro atoms. The topological polar surface area (TPSA) is 64.4 Å². The minimum Gasteiger partial charge on any atom is -0.360 e. The SMILES string of the molecule is CC(=O)[C@@H]1CCCN1c1cnn(COCC[Si](C)(C)C)c(=O)c1C(F)(F)F. The summed E-state index contributed by atoms with van der Waals surface area (Å²) >= 11 is 0. The molecule has 0 bridgehead atoms. The van der Waals surface area contributed by atoms with Crippen molar-refractivity contribution in [1.82, 2.24) is 9.78 Å². The average Bonchev–Trinajstić information content (AvgIpc) is 2.99. The highest BCUT2D eigenvalue weighted by molar-refractivity contribution is 6.76. The molecule has 1 atom stereocenters. The molecule has 1 saturated heterocycles. The van der Waals surface area contributed by atoms with Crippen molar-refractivity contribution in [3.63, 3.8) is 0 Å². The Morgan fingerprint density at radius 1 is 1.37 bits per heavy atom. The van der Waals surface area contributed by atoms with E-state index in [2.05, 4.69) is 24.7 Å². The first-order valence-electron chi connectivity index (χ1n) is 8.94. The van der Waals surface area contributed by atoms with E-state index < -0.39 is 31.4 Å². The fourth-order valence-electron chi connectivity index (χ4n) is 3.06. The Morgan fingerprint density at radius 3 is 2.59 bits per heavy atom. The number of hydrogen-bond donors (Lipinski definition) is 0. The first-order chi connectivity index (χ1) is 12.4. The molecule has 27 heavy (non-hydrogen) atoms. The molecule has 2 rings (SSSR count). The molecule has 0 unspecified atom stereocenters. The van der Waals surface area contributed by atoms with Crippen LogP contribution in [0.2, 0.25) is 25.7 Å². The molecule has 1 aromatic rings. The van der Waals surface area contributed by atoms with Crippen LogP contribution in [0, 0.1) is 0 Å². The van der Waals surface area contributed by atoms with Gasteiger partial charge in [0.25, 0.3) is 5.56 Å². The monoisotopic (exact) mass is 405 g/mol. The molecule has 1 aromatic heterocycles. The van der Waals surface area contributed by atoms with Gasteiger partial charge in [-0.15, -0.1) is 0 Å². The van der Waals surface area contributed by atoms with Crippen LogP contribution in [-0.4, -0.2) is 42.8 Å². The van der Waals surface area contributed by atoms with Gasteiger partial charge in [-0.05, 0) is 25.8 Å². The summed E-state index contributed by atoms with van der Waals surface area (Å²) in [7, 11) is -1.35. The van der Waals surface area contributed by atoms with E-state index in [0.717, 1.165) is 12.2 Å². The summed E-state index contributed by atoms with van der Waals surface area (Å²) in [6.07, 6.45) is -2.77. The van der Waals surface area contributed by atoms with E-state index >= 15 is 0 Å². The highest BCUT2D eigenvalue weighted by atomic mass is 28.3. The third kappa shape index (κ3) is 5.41. The van der Waals surface area contributed by atoms with Gasteiger partial charge in [0.2, 0.25) is 0 Å². The fourth-order valence-corrected chi connectivity index (χ4v) is 3.82. The Hall–Kier alpha value is -1.68. The van der Waals surface area contributed by atoms with Gasteiger partial charge < -0.3 is 9.64 Å². The maximum atomic E-state index is 13.6. The van der Waals surface area contributed by atoms with Crippen LogP contribution in [0.25, 0.3) is 0 Å². The molecule has 10 heteroatoms. The molecule has 0 aliphatic carbocycles. The van der Waals surface area contributed by atoms with E-state index in [1.54, 1.807) is 0 Å². The van der Waals surface area contributed by atoms with Crippen LogP contribution >= 0.6 is 0 Å². The quantitative estimate of drug-likeness (QED) is 0.515. The second kappa shape index (κ2) is 8.13. The number of rotatable bonds is 7. The normalized spacial score (nSPS) is 18.2. The molecule has 1 aliphatic rings. The van der Waals surface area contributed by atoms with Crippen molar-refractivity contribution in [2.45, 2.75) is 64.4 Å². The summed E-state index contributed by atoms with van der Waals surface area (Å²) in [5.74, 6) is -0.223. The van der Waals surface area contributed by atoms with Crippen molar-refractivity contribution < 1.29 is 22.7 Å². The number of carbonyl (C=O) groups excluding carboxylic acids is 1. The van der Waals surface area contributed by atoms with E-state index in [4.69, 9.17) is 4.74 Å². The van der Waals surface area contributed by atoms with Gasteiger partial charge in [0, 0.05) is 21.2 Å². The minimum absolute atomic E-state index is 0.223. The number of Topliss-reactive ketones (excluding diaryl/α,β-unsaturated/α-hetero) is 1. The van der Waals surface area contributed by atoms with Gasteiger partial charge in [0.1, 0.15) is 12.3 Å². The van der Waals surface area contributed by atoms with Gasteiger partial charge in [0.15, 0.2) is 5.78 Å². The Kier molecular flexibility index (Phi) is 6.51. The molecule has 152 valence electrons. The van der Waals surface area contributed by atoms with Crippen molar-refractivity contribution >= 4 is 19.5 Å². The van der Waals surface area contributed by atoms with Crippen LogP contribution in [0.1, 0.15) is 25.3 Å². The fraction of sp³-hybridized carbons (Fsp3) is 0.706. The van der Waals surface area contributed by atoms with Gasteiger partial charge in [-0.25, -0.2) is 4.68 Å². The molecular weight excluding hydrogens is 379 g/mol. The van der Waals surface area contributed by atoms with E-state index in [1.807, 2.05) is 0 Å². The number of alkyl halides is 3. The maximum absolute atomic E-state index is 13.6. The number of carbonyl (C=O) groups is 1. The Morgan fingerprint density at radius 2 is 2.04 bits per heavy atom. The smallest absolute Gasteiger partial charge is 0.360 e. The molecule has 0 saturated carbocycles. The third-order valence-electron chi connectivity index (χ3n) is 4.55. The highest BCUT2D eigenvalue weighted by Gasteiger charge is 2.42. The lowest BCUT2D eigenvalue weighted by Crippen LogP contribution is -2.40. The molecule has 0 N–H and O–H groups in total. The second-order valence-electron chi connectivity index (χ2n) is 8.02. The molecule has 2 heterocycles. The zero-order valence-corrected chi connectivity index (χ0v) is 17.1. The van der Waals surface area contributed by atoms with Crippen molar-refractivity contribution in [1.29, 1.82) is 0 Å². The van der Waals surface area contributed by atoms with Crippen LogP contribution < -0.4 is 10.5 Å². The lowest BCUT2D eigenvalue weighted by atomic mass is 10.1. The lowest BCUT2D eigenvalue weighted by Gasteiger charge is -2.27. The van der Waals surface area contributed by atoms with Gasteiger partial charge in [-0.3, -0.25) is 9.59 Å². The second-order valence-corrected chi connectivity index (χ2v) is 13.6. The maximum Gasteiger partial charge on any atom is 0.423 e. The number of ether oxygens (including phenoxy) is 1. The first kappa shape index (κ1) is 21.6. The van der Waals surface area contributed by atoms with Crippen LogP contribution in [-0.2, 0) is 22.4 Å². The van der Waals surface area contributed by atoms with Crippen LogP contribution in [0.4, 0.5) is 18.9 Å². The summed E-state index contributed by atoms with van der Waals surface area (Å²) in [5, 5.41) is 3.86. The van der Waals surface area contributed by atoms with Crippen molar-refractivity contribution in [2.75, 3.05) is 18.1 Å². The summed E-state index contributed by atoms with van der Waals surface area (Å²) in [4.78, 5) is 25.6. The summed E-state index contributed by atoms with van der Waals surface area (Å²) in [6, 6.07) is 0.177. The van der Waals surface area contributed by atoms with Crippen LogP contribution in [0.15, 0.2) is 11.0 Å². The summed E-state index contributed by atoms with van der Waals surface area (Å²) in [6.45, 7) is 8.12. The number of nitrogens with zero attached hydrogens (tertiary/aromatic N) is 3. The summed E-state index contributed by atoms with van der Waals surface area (Å²) in [5.41, 5.74) is -2.87. The van der Waals surface area contributed by atoms with E-state index in [0.29, 0.717) is 24.1 Å². The first-order valence-corrected chi connectivity index (χ1v) is 12.6. The molecular formula is C17H26F3N3O3Si. The zero-order chi connectivity index (χ0) is 20.4. The third-order valence-corrected chi connectivity index (χ3v) is 6.25. The van der Waals surface area contributed by atoms with Crippen LogP contribution in [0.3, 0.4) is 0 Å². The molecule has 0 aromatic carbocycles. The number of ketones is 1. The molecule has 1 aliphatic heterocycles. The van der Waals surface area contributed by atoms with Gasteiger partial charge in [-0.1, -0.05) is 19.6 Å². The van der Waals surface area contributed by atoms with E-state index in [-0.39, 0.29) is 24.7 Å². The Balaban J connectivity index is 2.31. The van der Waals surface area contributed by atoms with E-state index in [1.165, 1.54) is 11.8 Å². The zero-order valence-electron chi connectivity index (χ0n) is 16.1. The number of aromatic nitrogens is 2. The van der Waals surface area contributed by atoms with Crippen molar-refractivity contribution in [2.24, 2.45) is 0 Å². The van der Waals surface area contributed by atoms with Gasteiger partial charge >= 0.3 is 6.18 Å². The van der Waals surface area contributed by atoms with Gasteiger partial charge in [-0.2, -0.15) is 18.3 Å². The molecule has 0 amide bonds.